The molecule has 40 heavy (non-hydrogen) atoms. The average Bonchev–Trinajstić information content (AvgIpc) is 2.87. The molecule has 1 N–H and O–H groups in total. The number of alkyl halides is 1. The van der Waals surface area contributed by atoms with Crippen LogP contribution in [0.15, 0.2) is 59.8 Å². The van der Waals surface area contributed by atoms with Crippen LogP contribution in [-0.2, 0) is 16.1 Å². The second-order valence-electron chi connectivity index (χ2n) is 11.5. The molecular weight excluding hydrogens is 509 g/mol. The van der Waals surface area contributed by atoms with Crippen molar-refractivity contribution in [3.8, 4) is 11.1 Å². The first-order chi connectivity index (χ1) is 19.0. The molecule has 0 saturated carbocycles. The molecule has 8 heteroatoms. The number of carbonyl (C=O) groups excluding carboxylic acids is 1. The van der Waals surface area contributed by atoms with Crippen molar-refractivity contribution in [1.82, 2.24) is 14.5 Å². The summed E-state index contributed by atoms with van der Waals surface area (Å²) < 4.78 is 14.8. The van der Waals surface area contributed by atoms with Gasteiger partial charge in [-0.25, -0.2) is 4.39 Å². The van der Waals surface area contributed by atoms with Gasteiger partial charge in [0.05, 0.1) is 12.5 Å². The molecule has 1 aromatic carbocycles. The Morgan fingerprint density at radius 3 is 2.40 bits per heavy atom. The van der Waals surface area contributed by atoms with Crippen LogP contribution in [0.2, 0.25) is 0 Å². The summed E-state index contributed by atoms with van der Waals surface area (Å²) in [4.78, 5) is 45.1. The molecule has 0 spiro atoms. The summed E-state index contributed by atoms with van der Waals surface area (Å²) in [7, 11) is 0. The summed E-state index contributed by atoms with van der Waals surface area (Å²) in [5, 5.41) is 9.73. The quantitative estimate of drug-likeness (QED) is 0.323. The number of carboxylic acids is 1. The number of benzene rings is 1. The van der Waals surface area contributed by atoms with E-state index in [-0.39, 0.29) is 30.1 Å². The Morgan fingerprint density at radius 1 is 1.07 bits per heavy atom. The number of rotatable bonds is 12. The maximum Gasteiger partial charge on any atom is 0.303 e. The Bertz CT molecular complexity index is 1410. The van der Waals surface area contributed by atoms with Gasteiger partial charge in [0, 0.05) is 62.2 Å². The molecule has 1 fully saturated rings. The predicted molar refractivity (Wildman–Crippen MR) is 153 cm³/mol. The van der Waals surface area contributed by atoms with E-state index in [0.29, 0.717) is 31.6 Å². The summed E-state index contributed by atoms with van der Waals surface area (Å²) in [5.41, 5.74) is 5.31. The van der Waals surface area contributed by atoms with Crippen LogP contribution in [0.25, 0.3) is 11.1 Å². The van der Waals surface area contributed by atoms with Crippen molar-refractivity contribution in [3.05, 3.63) is 87.6 Å². The van der Waals surface area contributed by atoms with Crippen molar-refractivity contribution in [2.24, 2.45) is 5.92 Å². The van der Waals surface area contributed by atoms with Gasteiger partial charge < -0.3 is 9.67 Å². The molecule has 0 bridgehead atoms. The summed E-state index contributed by atoms with van der Waals surface area (Å²) >= 11 is 0. The minimum atomic E-state index is -1.00. The van der Waals surface area contributed by atoms with Crippen molar-refractivity contribution >= 4 is 11.8 Å². The van der Waals surface area contributed by atoms with Crippen molar-refractivity contribution in [3.63, 3.8) is 0 Å². The molecule has 212 valence electrons. The molecule has 0 radical (unpaired) electrons. The fourth-order valence-electron chi connectivity index (χ4n) is 5.61. The van der Waals surface area contributed by atoms with Crippen LogP contribution in [0.1, 0.15) is 67.3 Å². The summed E-state index contributed by atoms with van der Waals surface area (Å²) in [6.07, 6.45) is 4.45. The largest absolute Gasteiger partial charge is 0.481 e. The Hall–Kier alpha value is -3.65. The van der Waals surface area contributed by atoms with Gasteiger partial charge in [-0.1, -0.05) is 38.1 Å². The van der Waals surface area contributed by atoms with Crippen molar-refractivity contribution < 1.29 is 19.1 Å². The monoisotopic (exact) mass is 547 g/mol. The summed E-state index contributed by atoms with van der Waals surface area (Å²) in [6.45, 7) is 9.24. The first kappa shape index (κ1) is 29.3. The number of aryl methyl sites for hydroxylation is 2. The first-order valence-corrected chi connectivity index (χ1v) is 13.8. The molecule has 1 unspecified atom stereocenters. The molecule has 1 aliphatic rings. The number of aliphatic carboxylic acids is 1. The standard InChI is InChI=1S/C32H38FN3O4/c1-20(2)10-28(36-17-23(8-9-30(36)38)16-35-18-27(33)19-35)29(37)12-24(13-31(39)40)25-11-26(15-34-14-25)32-21(3)6-5-7-22(32)4/h5-9,11,14-15,17,20,24,27-28H,10,12-13,16,18-19H2,1-4H3,(H,39,40)/t24-,28?/m0/s1. The summed E-state index contributed by atoms with van der Waals surface area (Å²) in [6, 6.07) is 10.4. The lowest BCUT2D eigenvalue weighted by Crippen LogP contribution is -2.47. The number of nitrogens with zero attached hydrogens (tertiary/aromatic N) is 3. The van der Waals surface area contributed by atoms with Crippen molar-refractivity contribution in [2.75, 3.05) is 13.1 Å². The smallest absolute Gasteiger partial charge is 0.303 e. The maximum absolute atomic E-state index is 13.9. The van der Waals surface area contributed by atoms with Crippen LogP contribution in [0.5, 0.6) is 0 Å². The van der Waals surface area contributed by atoms with Gasteiger partial charge in [0.1, 0.15) is 6.17 Å². The molecule has 3 heterocycles. The number of hydrogen-bond acceptors (Lipinski definition) is 5. The molecular formula is C32H38FN3O4. The number of aromatic nitrogens is 2. The van der Waals surface area contributed by atoms with Gasteiger partial charge in [-0.15, -0.1) is 0 Å². The number of carbonyl (C=O) groups is 2. The van der Waals surface area contributed by atoms with Gasteiger partial charge in [0.2, 0.25) is 0 Å². The Morgan fingerprint density at radius 2 is 1.77 bits per heavy atom. The number of likely N-dealkylation sites (tertiary alicyclic amines) is 1. The zero-order chi connectivity index (χ0) is 29.0. The van der Waals surface area contributed by atoms with E-state index in [1.165, 1.54) is 10.6 Å². The SMILES string of the molecule is Cc1cccc(C)c1-c1cncc([C@H](CC(=O)O)CC(=O)C(CC(C)C)n2cc(CN3CC(F)C3)ccc2=O)c1. The van der Waals surface area contributed by atoms with E-state index in [1.807, 2.05) is 56.9 Å². The first-order valence-electron chi connectivity index (χ1n) is 13.8. The highest BCUT2D eigenvalue weighted by Crippen LogP contribution is 2.33. The van der Waals surface area contributed by atoms with E-state index < -0.39 is 24.1 Å². The molecule has 7 nitrogen and oxygen atoms in total. The van der Waals surface area contributed by atoms with Crippen LogP contribution in [0.4, 0.5) is 4.39 Å². The Kier molecular flexibility index (Phi) is 9.30. The van der Waals surface area contributed by atoms with Gasteiger partial charge >= 0.3 is 5.97 Å². The minimum Gasteiger partial charge on any atom is -0.481 e. The highest BCUT2D eigenvalue weighted by molar-refractivity contribution is 5.84. The van der Waals surface area contributed by atoms with Gasteiger partial charge in [0.15, 0.2) is 5.78 Å². The van der Waals surface area contributed by atoms with Crippen LogP contribution in [0.3, 0.4) is 0 Å². The summed E-state index contributed by atoms with van der Waals surface area (Å²) in [5.74, 6) is -1.67. The highest BCUT2D eigenvalue weighted by atomic mass is 19.1. The van der Waals surface area contributed by atoms with E-state index in [2.05, 4.69) is 4.98 Å². The zero-order valence-electron chi connectivity index (χ0n) is 23.6. The molecule has 0 aliphatic carbocycles. The number of hydrogen-bond donors (Lipinski definition) is 1. The van der Waals surface area contributed by atoms with Crippen molar-refractivity contribution in [1.29, 1.82) is 0 Å². The number of halogens is 1. The minimum absolute atomic E-state index is 0.0338. The van der Waals surface area contributed by atoms with E-state index in [9.17, 15) is 23.9 Å². The Labute approximate surface area is 234 Å². The average molecular weight is 548 g/mol. The second kappa shape index (κ2) is 12.7. The van der Waals surface area contributed by atoms with Gasteiger partial charge in [-0.3, -0.25) is 24.3 Å². The third-order valence-corrected chi connectivity index (χ3v) is 7.59. The molecule has 2 aromatic heterocycles. The van der Waals surface area contributed by atoms with Crippen LogP contribution in [0, 0.1) is 19.8 Å². The van der Waals surface area contributed by atoms with Crippen LogP contribution >= 0.6 is 0 Å². The molecule has 0 amide bonds. The number of pyridine rings is 2. The van der Waals surface area contributed by atoms with E-state index in [4.69, 9.17) is 0 Å². The van der Waals surface area contributed by atoms with Gasteiger partial charge in [-0.05, 0) is 60.1 Å². The topological polar surface area (TPSA) is 92.5 Å². The number of Topliss-reactive ketones (excluding diaryl/α,β-unsaturated/α-hetero) is 1. The third kappa shape index (κ3) is 7.10. The van der Waals surface area contributed by atoms with E-state index in [1.54, 1.807) is 24.7 Å². The predicted octanol–water partition coefficient (Wildman–Crippen LogP) is 5.49. The van der Waals surface area contributed by atoms with Gasteiger partial charge in [0.25, 0.3) is 5.56 Å². The van der Waals surface area contributed by atoms with Crippen LogP contribution < -0.4 is 5.56 Å². The fourth-order valence-corrected chi connectivity index (χ4v) is 5.61. The third-order valence-electron chi connectivity index (χ3n) is 7.59. The van der Waals surface area contributed by atoms with Gasteiger partial charge in [-0.2, -0.15) is 0 Å². The fraction of sp³-hybridized carbons (Fsp3) is 0.438. The highest BCUT2D eigenvalue weighted by Gasteiger charge is 2.29. The molecule has 1 aliphatic heterocycles. The van der Waals surface area contributed by atoms with E-state index >= 15 is 0 Å². The second-order valence-corrected chi connectivity index (χ2v) is 11.5. The maximum atomic E-state index is 13.9. The van der Waals surface area contributed by atoms with Crippen LogP contribution in [-0.4, -0.2) is 50.6 Å². The Balaban J connectivity index is 1.64. The van der Waals surface area contributed by atoms with E-state index in [0.717, 1.165) is 27.8 Å². The normalized spacial score (nSPS) is 15.6. The lowest BCUT2D eigenvalue weighted by molar-refractivity contribution is -0.137. The lowest BCUT2D eigenvalue weighted by Gasteiger charge is -2.34. The number of carboxylic acid groups (broad SMARTS) is 1. The molecule has 3 aromatic rings. The molecule has 2 atom stereocenters. The lowest BCUT2D eigenvalue weighted by atomic mass is 9.86. The zero-order valence-corrected chi connectivity index (χ0v) is 23.6. The number of ketones is 1. The van der Waals surface area contributed by atoms with Crippen molar-refractivity contribution in [2.45, 2.75) is 71.6 Å². The molecule has 4 rings (SSSR count). The molecule has 1 saturated heterocycles.